The first-order chi connectivity index (χ1) is 12.7. The maximum atomic E-state index is 13.6. The number of nitrogens with zero attached hydrogens (tertiary/aromatic N) is 3. The van der Waals surface area contributed by atoms with Crippen LogP contribution in [0.1, 0.15) is 35.7 Å². The number of carbonyl (C=O) groups excluding carboxylic acids is 1. The molecule has 4 rings (SSSR count). The number of aromatic nitrogens is 2. The molecule has 3 N–H and O–H groups in total. The van der Waals surface area contributed by atoms with Gasteiger partial charge in [-0.2, -0.15) is 0 Å². The summed E-state index contributed by atoms with van der Waals surface area (Å²) in [4.78, 5) is 11.8. The van der Waals surface area contributed by atoms with Gasteiger partial charge in [0.25, 0.3) is 0 Å². The van der Waals surface area contributed by atoms with E-state index in [1.54, 1.807) is 6.07 Å². The van der Waals surface area contributed by atoms with Gasteiger partial charge in [0, 0.05) is 12.5 Å². The van der Waals surface area contributed by atoms with E-state index in [4.69, 9.17) is 4.63 Å². The molecular formula is C16H16FN5O3S. The van der Waals surface area contributed by atoms with Gasteiger partial charge >= 0.3 is 0 Å². The van der Waals surface area contributed by atoms with Crippen molar-refractivity contribution in [1.29, 1.82) is 0 Å². The molecule has 8 nitrogen and oxygen atoms in total. The normalized spacial score (nSPS) is 18.8. The lowest BCUT2D eigenvalue weighted by Gasteiger charge is -2.31. The number of hydrogen-bond acceptors (Lipinski definition) is 7. The SMILES string of the molecule is O=C(CSc1nonc1/C(=N/O)NC1Cc2c(F)cccc21)NC1CC1. The fourth-order valence-corrected chi connectivity index (χ4v) is 3.50. The number of amides is 1. The first-order valence-corrected chi connectivity index (χ1v) is 9.15. The van der Waals surface area contributed by atoms with E-state index in [1.807, 2.05) is 6.07 Å². The first-order valence-electron chi connectivity index (χ1n) is 8.16. The number of benzene rings is 1. The van der Waals surface area contributed by atoms with Crippen LogP contribution >= 0.6 is 11.8 Å². The lowest BCUT2D eigenvalue weighted by molar-refractivity contribution is -0.118. The number of fused-ring (bicyclic) bond motifs is 1. The maximum Gasteiger partial charge on any atom is 0.230 e. The molecule has 2 aliphatic rings. The number of oxime groups is 1. The molecule has 1 saturated carbocycles. The molecule has 0 spiro atoms. The number of hydrogen-bond donors (Lipinski definition) is 3. The Labute approximate surface area is 152 Å². The Morgan fingerprint density at radius 2 is 2.23 bits per heavy atom. The Bertz CT molecular complexity index is 867. The van der Waals surface area contributed by atoms with Crippen LogP contribution in [0.5, 0.6) is 0 Å². The summed E-state index contributed by atoms with van der Waals surface area (Å²) in [5, 5.41) is 26.3. The number of halogens is 1. The van der Waals surface area contributed by atoms with Crippen molar-refractivity contribution in [2.75, 3.05) is 5.75 Å². The lowest BCUT2D eigenvalue weighted by Crippen LogP contribution is -2.37. The van der Waals surface area contributed by atoms with Crippen LogP contribution in [0.15, 0.2) is 33.0 Å². The Morgan fingerprint density at radius 1 is 1.38 bits per heavy atom. The van der Waals surface area contributed by atoms with Crippen LogP contribution in [-0.4, -0.2) is 39.1 Å². The fourth-order valence-electron chi connectivity index (χ4n) is 2.79. The fraction of sp³-hybridized carbons (Fsp3) is 0.375. The second-order valence-electron chi connectivity index (χ2n) is 6.21. The maximum absolute atomic E-state index is 13.6. The van der Waals surface area contributed by atoms with Crippen LogP contribution in [-0.2, 0) is 11.2 Å². The highest BCUT2D eigenvalue weighted by atomic mass is 32.2. The highest BCUT2D eigenvalue weighted by molar-refractivity contribution is 8.00. The van der Waals surface area contributed by atoms with Gasteiger partial charge in [-0.25, -0.2) is 9.02 Å². The Hall–Kier alpha value is -2.62. The van der Waals surface area contributed by atoms with Crippen molar-refractivity contribution in [3.8, 4) is 0 Å². The van der Waals surface area contributed by atoms with Crippen molar-refractivity contribution in [2.24, 2.45) is 5.16 Å². The minimum absolute atomic E-state index is 0.0660. The Balaban J connectivity index is 1.41. The zero-order valence-corrected chi connectivity index (χ0v) is 14.4. The van der Waals surface area contributed by atoms with Crippen molar-refractivity contribution < 1.29 is 19.0 Å². The van der Waals surface area contributed by atoms with E-state index >= 15 is 0 Å². The zero-order chi connectivity index (χ0) is 18.1. The zero-order valence-electron chi connectivity index (χ0n) is 13.6. The molecule has 1 heterocycles. The number of thioether (sulfide) groups is 1. The quantitative estimate of drug-likeness (QED) is 0.230. The molecule has 26 heavy (non-hydrogen) atoms. The minimum atomic E-state index is -0.246. The number of rotatable bonds is 6. The van der Waals surface area contributed by atoms with Gasteiger partial charge in [0.05, 0.1) is 11.8 Å². The van der Waals surface area contributed by atoms with Crippen LogP contribution in [0.25, 0.3) is 0 Å². The Morgan fingerprint density at radius 3 is 3.00 bits per heavy atom. The summed E-state index contributed by atoms with van der Waals surface area (Å²) in [7, 11) is 0. The van der Waals surface area contributed by atoms with Crippen molar-refractivity contribution in [3.63, 3.8) is 0 Å². The van der Waals surface area contributed by atoms with Gasteiger partial charge in [-0.1, -0.05) is 29.1 Å². The van der Waals surface area contributed by atoms with Gasteiger partial charge in [0.1, 0.15) is 5.82 Å². The summed E-state index contributed by atoms with van der Waals surface area (Å²) >= 11 is 1.14. The molecule has 1 unspecified atom stereocenters. The largest absolute Gasteiger partial charge is 0.409 e. The topological polar surface area (TPSA) is 113 Å². The average molecular weight is 377 g/mol. The molecular weight excluding hydrogens is 361 g/mol. The van der Waals surface area contributed by atoms with Crippen LogP contribution in [0.3, 0.4) is 0 Å². The molecule has 1 aromatic carbocycles. The van der Waals surface area contributed by atoms with E-state index in [9.17, 15) is 14.4 Å². The molecule has 0 aliphatic heterocycles. The van der Waals surface area contributed by atoms with Gasteiger partial charge in [-0.05, 0) is 40.3 Å². The molecule has 2 aliphatic carbocycles. The summed E-state index contributed by atoms with van der Waals surface area (Å²) in [6.45, 7) is 0. The highest BCUT2D eigenvalue weighted by Crippen LogP contribution is 2.35. The number of amidine groups is 1. The number of carbonyl (C=O) groups is 1. The smallest absolute Gasteiger partial charge is 0.230 e. The van der Waals surface area contributed by atoms with Crippen molar-refractivity contribution in [3.05, 3.63) is 40.8 Å². The van der Waals surface area contributed by atoms with E-state index in [0.29, 0.717) is 17.0 Å². The monoisotopic (exact) mass is 377 g/mol. The van der Waals surface area contributed by atoms with Crippen LogP contribution in [0.2, 0.25) is 0 Å². The molecule has 0 radical (unpaired) electrons. The standard InChI is InChI=1S/C16H16FN5O3S/c17-11-3-1-2-9-10(11)6-12(9)19-15(20-24)14-16(22-25-21-14)26-7-13(23)18-8-4-5-8/h1-3,8,12,24H,4-7H2,(H,18,23)(H,19,20). The second-order valence-corrected chi connectivity index (χ2v) is 7.17. The summed E-state index contributed by atoms with van der Waals surface area (Å²) in [5.41, 5.74) is 1.66. The lowest BCUT2D eigenvalue weighted by atomic mass is 9.83. The van der Waals surface area contributed by atoms with Gasteiger partial charge in [0.2, 0.25) is 5.91 Å². The number of nitrogens with one attached hydrogen (secondary N) is 2. The molecule has 10 heteroatoms. The summed E-state index contributed by atoms with van der Waals surface area (Å²) in [6, 6.07) is 4.95. The van der Waals surface area contributed by atoms with Crippen LogP contribution in [0.4, 0.5) is 4.39 Å². The van der Waals surface area contributed by atoms with Gasteiger partial charge in [0.15, 0.2) is 16.6 Å². The van der Waals surface area contributed by atoms with Crippen LogP contribution < -0.4 is 10.6 Å². The van der Waals surface area contributed by atoms with E-state index in [0.717, 1.165) is 30.2 Å². The highest BCUT2D eigenvalue weighted by Gasteiger charge is 2.31. The van der Waals surface area contributed by atoms with Crippen LogP contribution in [0, 0.1) is 5.82 Å². The van der Waals surface area contributed by atoms with E-state index in [1.165, 1.54) is 6.07 Å². The van der Waals surface area contributed by atoms with Gasteiger partial charge in [-0.15, -0.1) is 0 Å². The van der Waals surface area contributed by atoms with Crippen molar-refractivity contribution in [2.45, 2.75) is 36.4 Å². The minimum Gasteiger partial charge on any atom is -0.409 e. The van der Waals surface area contributed by atoms with Gasteiger partial charge < -0.3 is 15.8 Å². The molecule has 1 fully saturated rings. The van der Waals surface area contributed by atoms with Crippen molar-refractivity contribution in [1.82, 2.24) is 20.9 Å². The third-order valence-corrected chi connectivity index (χ3v) is 5.26. The molecule has 1 atom stereocenters. The van der Waals surface area contributed by atoms with Gasteiger partial charge in [-0.3, -0.25) is 4.79 Å². The summed E-state index contributed by atoms with van der Waals surface area (Å²) < 4.78 is 18.4. The average Bonchev–Trinajstić information content (AvgIpc) is 3.30. The van der Waals surface area contributed by atoms with E-state index < -0.39 is 0 Å². The summed E-state index contributed by atoms with van der Waals surface area (Å²) in [5.74, 6) is -0.112. The predicted molar refractivity (Wildman–Crippen MR) is 90.5 cm³/mol. The van der Waals surface area contributed by atoms with Crippen molar-refractivity contribution >= 4 is 23.5 Å². The van der Waals surface area contributed by atoms with E-state index in [-0.39, 0.29) is 41.1 Å². The first kappa shape index (κ1) is 16.8. The summed E-state index contributed by atoms with van der Waals surface area (Å²) in [6.07, 6.45) is 2.50. The molecule has 1 aromatic heterocycles. The second kappa shape index (κ2) is 6.94. The Kier molecular flexibility index (Phi) is 4.49. The molecule has 0 bridgehead atoms. The third kappa shape index (κ3) is 3.36. The molecule has 1 amide bonds. The molecule has 136 valence electrons. The predicted octanol–water partition coefficient (Wildman–Crippen LogP) is 1.60. The third-order valence-electron chi connectivity index (χ3n) is 4.31. The molecule has 2 aromatic rings. The van der Waals surface area contributed by atoms with E-state index in [2.05, 4.69) is 26.1 Å². The molecule has 0 saturated heterocycles.